The van der Waals surface area contributed by atoms with Gasteiger partial charge in [0.2, 0.25) is 0 Å². The van der Waals surface area contributed by atoms with Crippen LogP contribution in [0.15, 0.2) is 243 Å². The minimum atomic E-state index is -5.20. The van der Waals surface area contributed by atoms with Crippen LogP contribution in [0.4, 0.5) is 0 Å². The summed E-state index contributed by atoms with van der Waals surface area (Å²) >= 11 is -10.1. The zero-order valence-electron chi connectivity index (χ0n) is 31.0. The molecule has 7 heteroatoms. The Hall–Kier alpha value is -4.33. The molecular formula is C49H42O3Si2Sn2. The molecule has 0 saturated carbocycles. The summed E-state index contributed by atoms with van der Waals surface area (Å²) in [6.45, 7) is 0. The standard InChI is InChI=1S/C13H10.C12H12O3Si2.4C6H5.2Sn/c1-3-7-12(8-4-1)11-13-9-5-2-6-10-13;13-16-15-17(14,11-7-3-1-4-8-11)12-9-5-2-6-10-12;4*1-2-4-6-5-3-1;;/h1-10H;1-10H,16H2;4*1-5H;;/q;-2;;;;;2*+1. The first kappa shape index (κ1) is 37.3. The molecule has 0 radical (unpaired) electrons. The monoisotopic (exact) mass is 974 g/mol. The molecule has 0 amide bonds. The third kappa shape index (κ3) is 6.03. The van der Waals surface area contributed by atoms with E-state index < -0.39 is 57.6 Å². The van der Waals surface area contributed by atoms with Crippen LogP contribution in [0.3, 0.4) is 0 Å². The van der Waals surface area contributed by atoms with Crippen LogP contribution in [0.2, 0.25) is 0 Å². The van der Waals surface area contributed by atoms with E-state index in [4.69, 9.17) is 9.64 Å². The van der Waals surface area contributed by atoms with Gasteiger partial charge in [0, 0.05) is 0 Å². The summed E-state index contributed by atoms with van der Waals surface area (Å²) < 4.78 is 29.3. The normalized spacial score (nSPS) is 17.3. The average Bonchev–Trinajstić information content (AvgIpc) is 3.29. The van der Waals surface area contributed by atoms with Crippen molar-refractivity contribution in [3.05, 3.63) is 254 Å². The molecule has 1 heterocycles. The Kier molecular flexibility index (Phi) is 10.8. The van der Waals surface area contributed by atoms with Crippen LogP contribution in [0.25, 0.3) is 0 Å². The molecule has 8 aromatic carbocycles. The number of rotatable bonds is 8. The van der Waals surface area contributed by atoms with Crippen LogP contribution >= 0.6 is 0 Å². The van der Waals surface area contributed by atoms with Gasteiger partial charge in [-0.3, -0.25) is 0 Å². The fourth-order valence-corrected chi connectivity index (χ4v) is 83.3. The summed E-state index contributed by atoms with van der Waals surface area (Å²) in [5.41, 5.74) is 2.47. The van der Waals surface area contributed by atoms with Crippen molar-refractivity contribution in [3.63, 3.8) is 0 Å². The van der Waals surface area contributed by atoms with Crippen molar-refractivity contribution in [1.82, 2.24) is 0 Å². The van der Waals surface area contributed by atoms with Crippen LogP contribution in [-0.2, 0) is 11.1 Å². The van der Waals surface area contributed by atoms with Crippen LogP contribution in [-0.4, -0.2) is 56.1 Å². The van der Waals surface area contributed by atoms with Gasteiger partial charge < -0.3 is 0 Å². The van der Waals surface area contributed by atoms with E-state index in [9.17, 15) is 0 Å². The summed E-state index contributed by atoms with van der Waals surface area (Å²) in [5, 5.41) is 2.18. The molecule has 1 aliphatic rings. The minimum absolute atomic E-state index is 0.740. The molecule has 3 nitrogen and oxygen atoms in total. The van der Waals surface area contributed by atoms with Gasteiger partial charge in [-0.05, 0) is 0 Å². The molecule has 1 fully saturated rings. The van der Waals surface area contributed by atoms with Crippen molar-refractivity contribution < 1.29 is 9.64 Å². The van der Waals surface area contributed by atoms with Crippen molar-refractivity contribution in [1.29, 1.82) is 0 Å². The third-order valence-electron chi connectivity index (χ3n) is 11.3. The number of benzene rings is 8. The molecular weight excluding hydrogens is 930 g/mol. The molecule has 0 spiro atoms. The van der Waals surface area contributed by atoms with Crippen molar-refractivity contribution in [3.8, 4) is 0 Å². The van der Waals surface area contributed by atoms with Gasteiger partial charge in [-0.25, -0.2) is 0 Å². The SMILES string of the molecule is c1ccc([C]2(c3ccccc3)[Sn]([c]3ccccc3)([c]3ccccc3)[O][SiH2]O[Si](c3ccccc3)(c3ccccc3)[O][Sn]2([c]2ccccc2)[c]2ccccc2)cc1. The Morgan fingerprint density at radius 2 is 0.625 bits per heavy atom. The summed E-state index contributed by atoms with van der Waals surface area (Å²) in [7, 11) is -5.33. The van der Waals surface area contributed by atoms with E-state index in [0.29, 0.717) is 0 Å². The molecule has 0 aliphatic carbocycles. The number of hydrogen-bond donors (Lipinski definition) is 0. The first-order chi connectivity index (χ1) is 27.8. The van der Waals surface area contributed by atoms with E-state index in [0.717, 1.165) is 10.4 Å². The van der Waals surface area contributed by atoms with Gasteiger partial charge in [0.1, 0.15) is 0 Å². The Morgan fingerprint density at radius 1 is 0.339 bits per heavy atom. The molecule has 1 aliphatic heterocycles. The topological polar surface area (TPSA) is 27.7 Å². The van der Waals surface area contributed by atoms with Crippen molar-refractivity contribution >= 4 is 80.8 Å². The van der Waals surface area contributed by atoms with Crippen molar-refractivity contribution in [2.75, 3.05) is 0 Å². The molecule has 1 saturated heterocycles. The van der Waals surface area contributed by atoms with Crippen LogP contribution in [0.1, 0.15) is 11.1 Å². The Bertz CT molecular complexity index is 2310. The summed E-state index contributed by atoms with van der Waals surface area (Å²) in [4.78, 5) is 0. The molecule has 0 unspecified atom stereocenters. The first-order valence-electron chi connectivity index (χ1n) is 19.2. The van der Waals surface area contributed by atoms with Crippen molar-refractivity contribution in [2.45, 2.75) is 1.45 Å². The average molecular weight is 972 g/mol. The fraction of sp³-hybridized carbons (Fsp3) is 0.0204. The molecule has 272 valence electrons. The molecule has 9 rings (SSSR count). The second-order valence-electron chi connectivity index (χ2n) is 14.2. The predicted molar refractivity (Wildman–Crippen MR) is 239 cm³/mol. The maximum absolute atomic E-state index is 8.97. The Labute approximate surface area is 342 Å². The Balaban J connectivity index is 1.59. The first-order valence-corrected chi connectivity index (χ1v) is 33.0. The van der Waals surface area contributed by atoms with E-state index in [2.05, 4.69) is 243 Å². The van der Waals surface area contributed by atoms with Gasteiger partial charge in [0.05, 0.1) is 0 Å². The fourth-order valence-electron chi connectivity index (χ4n) is 9.18. The van der Waals surface area contributed by atoms with Crippen LogP contribution in [0.5, 0.6) is 0 Å². The van der Waals surface area contributed by atoms with Gasteiger partial charge in [-0.1, -0.05) is 0 Å². The maximum atomic E-state index is 8.97. The summed E-state index contributed by atoms with van der Waals surface area (Å²) in [6.07, 6.45) is 0. The van der Waals surface area contributed by atoms with Gasteiger partial charge in [0.15, 0.2) is 0 Å². The van der Waals surface area contributed by atoms with E-state index in [1.807, 2.05) is 0 Å². The molecule has 0 aromatic heterocycles. The Morgan fingerprint density at radius 3 is 0.964 bits per heavy atom. The van der Waals surface area contributed by atoms with E-state index in [-0.39, 0.29) is 0 Å². The van der Waals surface area contributed by atoms with Crippen LogP contribution < -0.4 is 24.7 Å². The quantitative estimate of drug-likeness (QED) is 0.178. The molecule has 0 bridgehead atoms. The number of hydrogen-bond acceptors (Lipinski definition) is 3. The van der Waals surface area contributed by atoms with Crippen molar-refractivity contribution in [2.24, 2.45) is 0 Å². The van der Waals surface area contributed by atoms with Gasteiger partial charge >= 0.3 is 346 Å². The second-order valence-corrected chi connectivity index (χ2v) is 45.4. The van der Waals surface area contributed by atoms with Gasteiger partial charge in [-0.2, -0.15) is 0 Å². The molecule has 8 aromatic rings. The van der Waals surface area contributed by atoms with E-state index in [1.54, 1.807) is 0 Å². The molecule has 56 heavy (non-hydrogen) atoms. The molecule has 0 atom stereocenters. The zero-order valence-corrected chi connectivity index (χ0v) is 39.1. The molecule has 0 N–H and O–H groups in total. The van der Waals surface area contributed by atoms with E-state index >= 15 is 0 Å². The third-order valence-corrected chi connectivity index (χ3v) is 62.5. The predicted octanol–water partition coefficient (Wildman–Crippen LogP) is 5.89. The van der Waals surface area contributed by atoms with Gasteiger partial charge in [-0.15, -0.1) is 0 Å². The zero-order chi connectivity index (χ0) is 37.7. The van der Waals surface area contributed by atoms with Gasteiger partial charge in [0.25, 0.3) is 0 Å². The summed E-state index contributed by atoms with van der Waals surface area (Å²) in [6, 6.07) is 89.0. The van der Waals surface area contributed by atoms with Crippen LogP contribution in [0, 0.1) is 0 Å². The van der Waals surface area contributed by atoms with E-state index in [1.165, 1.54) is 25.4 Å². The summed E-state index contributed by atoms with van der Waals surface area (Å²) in [5.74, 6) is 0. The second kappa shape index (κ2) is 16.3.